The van der Waals surface area contributed by atoms with Gasteiger partial charge in [0.25, 0.3) is 0 Å². The monoisotopic (exact) mass is 577 g/mol. The Bertz CT molecular complexity index is 1410. The van der Waals surface area contributed by atoms with E-state index in [4.69, 9.17) is 23.7 Å². The highest BCUT2D eigenvalue weighted by molar-refractivity contribution is 5.67. The maximum Gasteiger partial charge on any atom is 0.303 e. The Balaban J connectivity index is 1.85. The molecule has 4 rings (SSSR count). The number of esters is 3. The lowest BCUT2D eigenvalue weighted by molar-refractivity contribution is -0.231. The molecular formula is C27H26F3N3O8. The highest BCUT2D eigenvalue weighted by atomic mass is 19.2. The zero-order chi connectivity index (χ0) is 29.8. The van der Waals surface area contributed by atoms with Gasteiger partial charge in [0, 0.05) is 26.3 Å². The number of methoxy groups -OCH3 is 1. The lowest BCUT2D eigenvalue weighted by Crippen LogP contribution is -2.55. The van der Waals surface area contributed by atoms with Gasteiger partial charge in [-0.15, -0.1) is 5.10 Å². The van der Waals surface area contributed by atoms with Crippen molar-refractivity contribution in [2.75, 3.05) is 13.7 Å². The number of aromatic nitrogens is 3. The van der Waals surface area contributed by atoms with Crippen molar-refractivity contribution < 1.29 is 51.2 Å². The minimum atomic E-state index is -1.65. The number of halogens is 3. The van der Waals surface area contributed by atoms with Crippen LogP contribution in [-0.2, 0) is 33.3 Å². The van der Waals surface area contributed by atoms with Crippen LogP contribution in [0.1, 0.15) is 38.5 Å². The van der Waals surface area contributed by atoms with E-state index in [-0.39, 0.29) is 17.9 Å². The Hall–Kier alpha value is -4.46. The highest BCUT2D eigenvalue weighted by Crippen LogP contribution is 2.42. The van der Waals surface area contributed by atoms with E-state index in [0.717, 1.165) is 19.1 Å². The average molecular weight is 578 g/mol. The summed E-state index contributed by atoms with van der Waals surface area (Å²) < 4.78 is 70.5. The van der Waals surface area contributed by atoms with Gasteiger partial charge in [-0.05, 0) is 29.8 Å². The zero-order valence-corrected chi connectivity index (χ0v) is 22.4. The largest absolute Gasteiger partial charge is 0.497 e. The molecule has 2 heterocycles. The fourth-order valence-corrected chi connectivity index (χ4v) is 4.54. The van der Waals surface area contributed by atoms with Gasteiger partial charge in [0.1, 0.15) is 36.3 Å². The van der Waals surface area contributed by atoms with Gasteiger partial charge < -0.3 is 23.7 Å². The molecule has 0 N–H and O–H groups in total. The van der Waals surface area contributed by atoms with Crippen LogP contribution >= 0.6 is 0 Å². The van der Waals surface area contributed by atoms with Crippen LogP contribution < -0.4 is 4.74 Å². The molecule has 3 aromatic rings. The second-order valence-corrected chi connectivity index (χ2v) is 9.15. The van der Waals surface area contributed by atoms with E-state index in [1.54, 1.807) is 24.3 Å². The summed E-state index contributed by atoms with van der Waals surface area (Å²) in [5.74, 6) is -6.04. The minimum absolute atomic E-state index is 0.0602. The Morgan fingerprint density at radius 2 is 1.54 bits per heavy atom. The predicted octanol–water partition coefficient (Wildman–Crippen LogP) is 3.48. The number of ether oxygens (including phenoxy) is 5. The lowest BCUT2D eigenvalue weighted by Gasteiger charge is -2.45. The van der Waals surface area contributed by atoms with Crippen LogP contribution in [0.4, 0.5) is 13.2 Å². The van der Waals surface area contributed by atoms with Crippen LogP contribution in [0.5, 0.6) is 5.75 Å². The fraction of sp³-hybridized carbons (Fsp3) is 0.370. The Kier molecular flexibility index (Phi) is 8.91. The van der Waals surface area contributed by atoms with Crippen molar-refractivity contribution in [3.8, 4) is 17.0 Å². The standard InChI is InChI=1S/C27H26F3N3O8/c1-13(34)38-12-22-26(39-14(2)35)24(33-11-21(31-32-33)17-9-19(28)23(30)20(29)10-17)27(40-15(3)36)25(41-22)16-5-7-18(37-4)8-6-16/h5-11,22,24-27H,12H2,1-4H3/t22-,24+,25+,26+,27-/m1/s1. The van der Waals surface area contributed by atoms with Gasteiger partial charge in [-0.1, -0.05) is 17.3 Å². The molecular weight excluding hydrogens is 551 g/mol. The molecule has 0 amide bonds. The minimum Gasteiger partial charge on any atom is -0.497 e. The van der Waals surface area contributed by atoms with Crippen molar-refractivity contribution in [3.63, 3.8) is 0 Å². The van der Waals surface area contributed by atoms with Gasteiger partial charge in [-0.25, -0.2) is 17.9 Å². The first-order chi connectivity index (χ1) is 19.5. The van der Waals surface area contributed by atoms with E-state index >= 15 is 0 Å². The number of carbonyl (C=O) groups is 3. The van der Waals surface area contributed by atoms with Crippen molar-refractivity contribution in [2.24, 2.45) is 0 Å². The second-order valence-electron chi connectivity index (χ2n) is 9.15. The molecule has 41 heavy (non-hydrogen) atoms. The summed E-state index contributed by atoms with van der Waals surface area (Å²) >= 11 is 0. The average Bonchev–Trinajstić information content (AvgIpc) is 3.40. The van der Waals surface area contributed by atoms with Crippen molar-refractivity contribution in [1.82, 2.24) is 15.0 Å². The molecule has 1 aliphatic heterocycles. The smallest absolute Gasteiger partial charge is 0.303 e. The number of hydrogen-bond donors (Lipinski definition) is 0. The van der Waals surface area contributed by atoms with Crippen molar-refractivity contribution in [3.05, 3.63) is 65.6 Å². The molecule has 0 spiro atoms. The molecule has 1 saturated heterocycles. The maximum absolute atomic E-state index is 13.9. The van der Waals surface area contributed by atoms with Gasteiger partial charge in [0.15, 0.2) is 29.7 Å². The fourth-order valence-electron chi connectivity index (χ4n) is 4.54. The van der Waals surface area contributed by atoms with E-state index in [1.807, 2.05) is 0 Å². The molecule has 14 heteroatoms. The van der Waals surface area contributed by atoms with Crippen LogP contribution in [0, 0.1) is 17.5 Å². The van der Waals surface area contributed by atoms with Crippen LogP contribution in [0.3, 0.4) is 0 Å². The van der Waals surface area contributed by atoms with Gasteiger partial charge in [0.05, 0.1) is 13.3 Å². The SMILES string of the molecule is COc1ccc([C@@H]2O[C@H](COC(C)=O)[C@H](OC(C)=O)[C@H](n3cc(-c4cc(F)c(F)c(F)c4)nn3)[C@H]2OC(C)=O)cc1. The van der Waals surface area contributed by atoms with E-state index in [0.29, 0.717) is 11.3 Å². The molecule has 1 aromatic heterocycles. The molecule has 11 nitrogen and oxygen atoms in total. The first-order valence-electron chi connectivity index (χ1n) is 12.3. The van der Waals surface area contributed by atoms with E-state index < -0.39 is 65.8 Å². The van der Waals surface area contributed by atoms with E-state index in [2.05, 4.69) is 10.3 Å². The zero-order valence-electron chi connectivity index (χ0n) is 22.4. The van der Waals surface area contributed by atoms with Gasteiger partial charge in [0.2, 0.25) is 0 Å². The quantitative estimate of drug-likeness (QED) is 0.223. The van der Waals surface area contributed by atoms with E-state index in [1.165, 1.54) is 31.8 Å². The Morgan fingerprint density at radius 3 is 2.10 bits per heavy atom. The third-order valence-corrected chi connectivity index (χ3v) is 6.25. The lowest BCUT2D eigenvalue weighted by atomic mass is 9.88. The number of rotatable bonds is 8. The summed E-state index contributed by atoms with van der Waals surface area (Å²) in [5, 5.41) is 8.01. The van der Waals surface area contributed by atoms with Gasteiger partial charge in [-0.2, -0.15) is 0 Å². The molecule has 0 radical (unpaired) electrons. The molecule has 2 aromatic carbocycles. The first-order valence-corrected chi connectivity index (χ1v) is 12.3. The summed E-state index contributed by atoms with van der Waals surface area (Å²) in [7, 11) is 1.49. The van der Waals surface area contributed by atoms with Crippen molar-refractivity contribution in [1.29, 1.82) is 0 Å². The molecule has 1 aliphatic rings. The Morgan fingerprint density at radius 1 is 0.927 bits per heavy atom. The van der Waals surface area contributed by atoms with Crippen molar-refractivity contribution >= 4 is 17.9 Å². The topological polar surface area (TPSA) is 128 Å². The Labute approximate surface area is 232 Å². The number of carbonyl (C=O) groups excluding carboxylic acids is 3. The molecule has 218 valence electrons. The maximum atomic E-state index is 13.9. The second kappa shape index (κ2) is 12.4. The van der Waals surface area contributed by atoms with E-state index in [9.17, 15) is 27.6 Å². The third kappa shape index (κ3) is 6.65. The highest BCUT2D eigenvalue weighted by Gasteiger charge is 2.52. The molecule has 0 unspecified atom stereocenters. The van der Waals surface area contributed by atoms with Crippen molar-refractivity contribution in [2.45, 2.75) is 51.2 Å². The molecule has 0 saturated carbocycles. The third-order valence-electron chi connectivity index (χ3n) is 6.25. The number of hydrogen-bond acceptors (Lipinski definition) is 10. The normalized spacial score (nSPS) is 22.1. The van der Waals surface area contributed by atoms with Crippen LogP contribution in [0.25, 0.3) is 11.3 Å². The number of benzene rings is 2. The van der Waals surface area contributed by atoms with Gasteiger partial charge >= 0.3 is 17.9 Å². The molecule has 0 bridgehead atoms. The summed E-state index contributed by atoms with van der Waals surface area (Å²) in [6.45, 7) is 3.16. The van der Waals surface area contributed by atoms with Crippen LogP contribution in [0.2, 0.25) is 0 Å². The number of nitrogens with zero attached hydrogens (tertiary/aromatic N) is 3. The molecule has 0 aliphatic carbocycles. The predicted molar refractivity (Wildman–Crippen MR) is 133 cm³/mol. The summed E-state index contributed by atoms with van der Waals surface area (Å²) in [5.41, 5.74) is 0.338. The summed E-state index contributed by atoms with van der Waals surface area (Å²) in [6, 6.07) is 7.00. The van der Waals surface area contributed by atoms with Crippen LogP contribution in [0.15, 0.2) is 42.6 Å². The molecule has 5 atom stereocenters. The summed E-state index contributed by atoms with van der Waals surface area (Å²) in [4.78, 5) is 36.1. The van der Waals surface area contributed by atoms with Gasteiger partial charge in [-0.3, -0.25) is 14.4 Å². The summed E-state index contributed by atoms with van der Waals surface area (Å²) in [6.07, 6.45) is -3.27. The van der Waals surface area contributed by atoms with Crippen LogP contribution in [-0.4, -0.2) is 64.9 Å². The molecule has 1 fully saturated rings. The first kappa shape index (κ1) is 29.5.